The van der Waals surface area contributed by atoms with Crippen LogP contribution in [0.25, 0.3) is 0 Å². The van der Waals surface area contributed by atoms with E-state index in [1.165, 1.54) is 19.3 Å². The number of hydrogen-bond donors (Lipinski definition) is 1. The molecule has 0 aromatic heterocycles. The summed E-state index contributed by atoms with van der Waals surface area (Å²) >= 11 is 5.21. The van der Waals surface area contributed by atoms with Gasteiger partial charge in [-0.1, -0.05) is 22.4 Å². The van der Waals surface area contributed by atoms with Crippen LogP contribution >= 0.6 is 27.7 Å². The molecular formula is C9H16BrNOS. The minimum atomic E-state index is 0.166. The summed E-state index contributed by atoms with van der Waals surface area (Å²) in [6, 6.07) is 0. The number of halogens is 1. The van der Waals surface area contributed by atoms with E-state index in [9.17, 15) is 4.79 Å². The number of carbonyl (C=O) groups excluding carboxylic acids is 1. The Labute approximate surface area is 92.4 Å². The summed E-state index contributed by atoms with van der Waals surface area (Å²) in [6.45, 7) is 0.843. The van der Waals surface area contributed by atoms with E-state index in [1.807, 2.05) is 6.26 Å². The third-order valence-corrected chi connectivity index (χ3v) is 4.16. The first-order valence-corrected chi connectivity index (χ1v) is 6.94. The lowest BCUT2D eigenvalue weighted by Gasteiger charge is -2.14. The molecule has 1 saturated carbocycles. The zero-order valence-corrected chi connectivity index (χ0v) is 10.3. The van der Waals surface area contributed by atoms with Crippen molar-refractivity contribution in [3.05, 3.63) is 0 Å². The number of hydrogen-bond acceptors (Lipinski definition) is 2. The third-order valence-electron chi connectivity index (χ3n) is 2.40. The SMILES string of the molecule is CSCC(=O)NCC1CCCC1Br. The molecule has 2 nitrogen and oxygen atoms in total. The second-order valence-electron chi connectivity index (χ2n) is 3.44. The van der Waals surface area contributed by atoms with Gasteiger partial charge in [-0.2, -0.15) is 11.8 Å². The van der Waals surface area contributed by atoms with E-state index in [2.05, 4.69) is 21.2 Å². The smallest absolute Gasteiger partial charge is 0.229 e. The lowest BCUT2D eigenvalue weighted by atomic mass is 10.1. The normalized spacial score (nSPS) is 27.5. The highest BCUT2D eigenvalue weighted by Gasteiger charge is 2.24. The van der Waals surface area contributed by atoms with Gasteiger partial charge in [-0.3, -0.25) is 4.79 Å². The fourth-order valence-corrected chi connectivity index (χ4v) is 2.79. The molecule has 0 radical (unpaired) electrons. The molecule has 0 bridgehead atoms. The van der Waals surface area contributed by atoms with E-state index in [1.54, 1.807) is 11.8 Å². The molecule has 1 fully saturated rings. The van der Waals surface area contributed by atoms with Crippen molar-refractivity contribution in [3.63, 3.8) is 0 Å². The van der Waals surface area contributed by atoms with Gasteiger partial charge in [-0.25, -0.2) is 0 Å². The molecule has 4 heteroatoms. The molecule has 1 N–H and O–H groups in total. The molecule has 0 saturated heterocycles. The van der Waals surface area contributed by atoms with Crippen molar-refractivity contribution < 1.29 is 4.79 Å². The van der Waals surface area contributed by atoms with Crippen LogP contribution < -0.4 is 5.32 Å². The monoisotopic (exact) mass is 265 g/mol. The summed E-state index contributed by atoms with van der Waals surface area (Å²) < 4.78 is 0. The maximum Gasteiger partial charge on any atom is 0.229 e. The van der Waals surface area contributed by atoms with Crippen LogP contribution in [0.15, 0.2) is 0 Å². The molecule has 1 amide bonds. The molecule has 2 unspecified atom stereocenters. The van der Waals surface area contributed by atoms with Crippen LogP contribution in [0.1, 0.15) is 19.3 Å². The van der Waals surface area contributed by atoms with Crippen LogP contribution in [0.5, 0.6) is 0 Å². The quantitative estimate of drug-likeness (QED) is 0.789. The van der Waals surface area contributed by atoms with Crippen molar-refractivity contribution in [2.45, 2.75) is 24.1 Å². The number of nitrogens with one attached hydrogen (secondary N) is 1. The van der Waals surface area contributed by atoms with E-state index >= 15 is 0 Å². The number of alkyl halides is 1. The summed E-state index contributed by atoms with van der Waals surface area (Å²) in [5, 5.41) is 2.97. The maximum absolute atomic E-state index is 11.2. The van der Waals surface area contributed by atoms with Gasteiger partial charge in [0.2, 0.25) is 5.91 Å². The Bertz CT molecular complexity index is 177. The van der Waals surface area contributed by atoms with Crippen molar-refractivity contribution >= 4 is 33.6 Å². The molecular weight excluding hydrogens is 250 g/mol. The number of amides is 1. The minimum absolute atomic E-state index is 0.166. The van der Waals surface area contributed by atoms with Crippen molar-refractivity contribution in [2.75, 3.05) is 18.6 Å². The molecule has 0 aromatic carbocycles. The van der Waals surface area contributed by atoms with Crippen molar-refractivity contribution in [2.24, 2.45) is 5.92 Å². The predicted molar refractivity (Wildman–Crippen MR) is 61.4 cm³/mol. The Morgan fingerprint density at radius 3 is 2.92 bits per heavy atom. The lowest BCUT2D eigenvalue weighted by Crippen LogP contribution is -2.32. The van der Waals surface area contributed by atoms with Gasteiger partial charge in [0.15, 0.2) is 0 Å². The number of carbonyl (C=O) groups is 1. The number of rotatable bonds is 4. The fraction of sp³-hybridized carbons (Fsp3) is 0.889. The molecule has 1 aliphatic carbocycles. The molecule has 76 valence electrons. The zero-order chi connectivity index (χ0) is 9.68. The molecule has 13 heavy (non-hydrogen) atoms. The highest BCUT2D eigenvalue weighted by molar-refractivity contribution is 9.09. The van der Waals surface area contributed by atoms with E-state index < -0.39 is 0 Å². The molecule has 0 heterocycles. The summed E-state index contributed by atoms with van der Waals surface area (Å²) in [7, 11) is 0. The fourth-order valence-electron chi connectivity index (χ4n) is 1.65. The average Bonchev–Trinajstić information content (AvgIpc) is 2.48. The second kappa shape index (κ2) is 5.91. The van der Waals surface area contributed by atoms with Gasteiger partial charge in [0.25, 0.3) is 0 Å². The molecule has 2 atom stereocenters. The maximum atomic E-state index is 11.2. The summed E-state index contributed by atoms with van der Waals surface area (Å²) in [5.74, 6) is 1.39. The van der Waals surface area contributed by atoms with Crippen LogP contribution in [0.4, 0.5) is 0 Å². The Kier molecular flexibility index (Phi) is 5.17. The van der Waals surface area contributed by atoms with E-state index in [0.29, 0.717) is 16.5 Å². The average molecular weight is 266 g/mol. The molecule has 0 aromatic rings. The first-order valence-electron chi connectivity index (χ1n) is 4.63. The third kappa shape index (κ3) is 3.90. The van der Waals surface area contributed by atoms with Gasteiger partial charge in [-0.15, -0.1) is 0 Å². The Morgan fingerprint density at radius 1 is 1.62 bits per heavy atom. The van der Waals surface area contributed by atoms with E-state index in [4.69, 9.17) is 0 Å². The van der Waals surface area contributed by atoms with Gasteiger partial charge >= 0.3 is 0 Å². The molecule has 0 aliphatic heterocycles. The van der Waals surface area contributed by atoms with E-state index in [-0.39, 0.29) is 5.91 Å². The molecule has 1 rings (SSSR count). The zero-order valence-electron chi connectivity index (χ0n) is 7.88. The highest BCUT2D eigenvalue weighted by Crippen LogP contribution is 2.30. The van der Waals surface area contributed by atoms with Gasteiger partial charge < -0.3 is 5.32 Å². The summed E-state index contributed by atoms with van der Waals surface area (Å²) in [6.07, 6.45) is 5.74. The summed E-state index contributed by atoms with van der Waals surface area (Å²) in [5.41, 5.74) is 0. The van der Waals surface area contributed by atoms with Crippen LogP contribution in [0.3, 0.4) is 0 Å². The minimum Gasteiger partial charge on any atom is -0.355 e. The van der Waals surface area contributed by atoms with Crippen LogP contribution in [-0.2, 0) is 4.79 Å². The first kappa shape index (κ1) is 11.4. The molecule has 0 spiro atoms. The van der Waals surface area contributed by atoms with Crippen molar-refractivity contribution in [1.29, 1.82) is 0 Å². The Balaban J connectivity index is 2.14. The van der Waals surface area contributed by atoms with Gasteiger partial charge in [-0.05, 0) is 25.0 Å². The van der Waals surface area contributed by atoms with Crippen molar-refractivity contribution in [3.8, 4) is 0 Å². The van der Waals surface area contributed by atoms with Crippen LogP contribution in [0, 0.1) is 5.92 Å². The van der Waals surface area contributed by atoms with Crippen LogP contribution in [0.2, 0.25) is 0 Å². The summed E-state index contributed by atoms with van der Waals surface area (Å²) in [4.78, 5) is 11.8. The van der Waals surface area contributed by atoms with Crippen molar-refractivity contribution in [1.82, 2.24) is 5.32 Å². The van der Waals surface area contributed by atoms with Gasteiger partial charge in [0.1, 0.15) is 0 Å². The Hall–Kier alpha value is 0.300. The van der Waals surface area contributed by atoms with Gasteiger partial charge in [0, 0.05) is 11.4 Å². The standard InChI is InChI=1S/C9H16BrNOS/c1-13-6-9(12)11-5-7-3-2-4-8(7)10/h7-8H,2-6H2,1H3,(H,11,12). The molecule has 1 aliphatic rings. The lowest BCUT2D eigenvalue weighted by molar-refractivity contribution is -0.118. The van der Waals surface area contributed by atoms with Gasteiger partial charge in [0.05, 0.1) is 5.75 Å². The largest absolute Gasteiger partial charge is 0.355 e. The van der Waals surface area contributed by atoms with Crippen LogP contribution in [-0.4, -0.2) is 29.3 Å². The topological polar surface area (TPSA) is 29.1 Å². The first-order chi connectivity index (χ1) is 6.24. The predicted octanol–water partition coefficient (Wildman–Crippen LogP) is 2.03. The second-order valence-corrected chi connectivity index (χ2v) is 5.49. The Morgan fingerprint density at radius 2 is 2.38 bits per heavy atom. The van der Waals surface area contributed by atoms with E-state index in [0.717, 1.165) is 6.54 Å². The number of thioether (sulfide) groups is 1. The highest BCUT2D eigenvalue weighted by atomic mass is 79.9.